The molecule has 0 saturated carbocycles. The van der Waals surface area contributed by atoms with Gasteiger partial charge in [0, 0.05) is 11.5 Å². The van der Waals surface area contributed by atoms with Crippen molar-refractivity contribution >= 4 is 32.9 Å². The third-order valence-corrected chi connectivity index (χ3v) is 2.86. The summed E-state index contributed by atoms with van der Waals surface area (Å²) in [6, 6.07) is 3.81. The molecule has 0 unspecified atom stereocenters. The van der Waals surface area contributed by atoms with Crippen LogP contribution in [-0.4, -0.2) is 20.6 Å². The van der Waals surface area contributed by atoms with Gasteiger partial charge in [-0.05, 0) is 40.5 Å². The second-order valence-electron chi connectivity index (χ2n) is 3.41. The molecule has 15 heavy (non-hydrogen) atoms. The van der Waals surface area contributed by atoms with E-state index in [2.05, 4.69) is 20.9 Å². The van der Waals surface area contributed by atoms with Gasteiger partial charge in [0.25, 0.3) is 0 Å². The third kappa shape index (κ3) is 1.52. The molecule has 1 aromatic heterocycles. The predicted molar refractivity (Wildman–Crippen MR) is 60.1 cm³/mol. The highest BCUT2D eigenvalue weighted by molar-refractivity contribution is 9.10. The Morgan fingerprint density at radius 2 is 2.20 bits per heavy atom. The molecule has 5 heteroatoms. The summed E-state index contributed by atoms with van der Waals surface area (Å²) in [5.41, 5.74) is 2.55. The maximum atomic E-state index is 10.9. The molecule has 4 nitrogen and oxygen atoms in total. The lowest BCUT2D eigenvalue weighted by Gasteiger charge is -2.00. The number of carboxylic acid groups (broad SMARTS) is 1. The third-order valence-electron chi connectivity index (χ3n) is 2.26. The molecule has 2 rings (SSSR count). The van der Waals surface area contributed by atoms with E-state index in [1.807, 2.05) is 19.1 Å². The van der Waals surface area contributed by atoms with E-state index in [0.29, 0.717) is 5.52 Å². The summed E-state index contributed by atoms with van der Waals surface area (Å²) < 4.78 is 2.43. The fourth-order valence-electron chi connectivity index (χ4n) is 1.62. The average Bonchev–Trinajstić information content (AvgIpc) is 2.42. The minimum absolute atomic E-state index is 0.0521. The maximum Gasteiger partial charge on any atom is 0.372 e. The van der Waals surface area contributed by atoms with E-state index < -0.39 is 5.97 Å². The van der Waals surface area contributed by atoms with Crippen molar-refractivity contribution in [3.05, 3.63) is 28.0 Å². The Bertz CT molecular complexity index is 560. The van der Waals surface area contributed by atoms with Gasteiger partial charge in [-0.3, -0.25) is 0 Å². The second kappa shape index (κ2) is 3.34. The quantitative estimate of drug-likeness (QED) is 0.864. The van der Waals surface area contributed by atoms with Crippen molar-refractivity contribution in [3.8, 4) is 0 Å². The van der Waals surface area contributed by atoms with Gasteiger partial charge in [0.05, 0.1) is 11.0 Å². The molecular formula is C10H9BrN2O2. The van der Waals surface area contributed by atoms with Crippen molar-refractivity contribution < 1.29 is 9.90 Å². The molecule has 0 bridgehead atoms. The molecule has 0 aliphatic heterocycles. The van der Waals surface area contributed by atoms with Crippen molar-refractivity contribution in [2.75, 3.05) is 0 Å². The lowest BCUT2D eigenvalue weighted by atomic mass is 10.2. The first-order chi connectivity index (χ1) is 7.00. The van der Waals surface area contributed by atoms with Gasteiger partial charge in [-0.25, -0.2) is 9.78 Å². The van der Waals surface area contributed by atoms with Crippen molar-refractivity contribution in [1.29, 1.82) is 0 Å². The van der Waals surface area contributed by atoms with Crippen LogP contribution in [0.25, 0.3) is 11.0 Å². The molecule has 0 amide bonds. The Morgan fingerprint density at radius 3 is 2.80 bits per heavy atom. The van der Waals surface area contributed by atoms with E-state index in [-0.39, 0.29) is 5.82 Å². The Kier molecular flexibility index (Phi) is 2.26. The van der Waals surface area contributed by atoms with Crippen molar-refractivity contribution in [2.24, 2.45) is 7.05 Å². The van der Waals surface area contributed by atoms with Gasteiger partial charge in [-0.1, -0.05) is 0 Å². The minimum atomic E-state index is -1.02. The summed E-state index contributed by atoms with van der Waals surface area (Å²) >= 11 is 3.41. The van der Waals surface area contributed by atoms with Crippen molar-refractivity contribution in [3.63, 3.8) is 0 Å². The minimum Gasteiger partial charge on any atom is -0.475 e. The highest BCUT2D eigenvalue weighted by Gasteiger charge is 2.15. The molecule has 0 atom stereocenters. The van der Waals surface area contributed by atoms with Gasteiger partial charge >= 0.3 is 5.97 Å². The van der Waals surface area contributed by atoms with Crippen LogP contribution < -0.4 is 0 Å². The number of hydrogen-bond donors (Lipinski definition) is 1. The van der Waals surface area contributed by atoms with Gasteiger partial charge in [0.1, 0.15) is 0 Å². The Morgan fingerprint density at radius 1 is 1.53 bits per heavy atom. The number of aromatic nitrogens is 2. The Labute approximate surface area is 94.7 Å². The average molecular weight is 269 g/mol. The number of rotatable bonds is 1. The van der Waals surface area contributed by atoms with E-state index in [0.717, 1.165) is 15.6 Å². The molecule has 1 aromatic carbocycles. The van der Waals surface area contributed by atoms with E-state index in [9.17, 15) is 4.79 Å². The van der Waals surface area contributed by atoms with Crippen LogP contribution in [0.15, 0.2) is 16.6 Å². The zero-order valence-corrected chi connectivity index (χ0v) is 9.87. The van der Waals surface area contributed by atoms with Gasteiger partial charge in [0.15, 0.2) is 0 Å². The molecule has 0 spiro atoms. The topological polar surface area (TPSA) is 55.1 Å². The first-order valence-electron chi connectivity index (χ1n) is 4.36. The van der Waals surface area contributed by atoms with Crippen LogP contribution in [0.1, 0.15) is 16.2 Å². The SMILES string of the molecule is Cc1cc(Br)c2c(c1)nc(C(=O)O)n2C. The molecule has 0 fully saturated rings. The van der Waals surface area contributed by atoms with Gasteiger partial charge in [-0.15, -0.1) is 0 Å². The largest absolute Gasteiger partial charge is 0.475 e. The fourth-order valence-corrected chi connectivity index (χ4v) is 2.45. The molecule has 0 aliphatic carbocycles. The first-order valence-corrected chi connectivity index (χ1v) is 5.16. The van der Waals surface area contributed by atoms with E-state index in [1.165, 1.54) is 0 Å². The van der Waals surface area contributed by atoms with Crippen LogP contribution in [0.3, 0.4) is 0 Å². The number of aryl methyl sites for hydroxylation is 2. The van der Waals surface area contributed by atoms with Gasteiger partial charge in [-0.2, -0.15) is 0 Å². The van der Waals surface area contributed by atoms with Crippen LogP contribution in [0.2, 0.25) is 0 Å². The number of hydrogen-bond acceptors (Lipinski definition) is 2. The van der Waals surface area contributed by atoms with Gasteiger partial charge in [0.2, 0.25) is 5.82 Å². The summed E-state index contributed by atoms with van der Waals surface area (Å²) in [4.78, 5) is 15.0. The van der Waals surface area contributed by atoms with Gasteiger partial charge < -0.3 is 9.67 Å². The molecule has 1 N–H and O–H groups in total. The molecule has 0 radical (unpaired) electrons. The number of carboxylic acids is 1. The first kappa shape index (κ1) is 10.2. The van der Waals surface area contributed by atoms with Crippen LogP contribution in [0.4, 0.5) is 0 Å². The number of nitrogens with zero attached hydrogens (tertiary/aromatic N) is 2. The molecule has 2 aromatic rings. The smallest absolute Gasteiger partial charge is 0.372 e. The number of carbonyl (C=O) groups is 1. The lowest BCUT2D eigenvalue weighted by Crippen LogP contribution is -2.05. The van der Waals surface area contributed by atoms with E-state index >= 15 is 0 Å². The zero-order chi connectivity index (χ0) is 11.2. The van der Waals surface area contributed by atoms with Crippen molar-refractivity contribution in [2.45, 2.75) is 6.92 Å². The number of fused-ring (bicyclic) bond motifs is 1. The zero-order valence-electron chi connectivity index (χ0n) is 8.28. The second-order valence-corrected chi connectivity index (χ2v) is 4.27. The summed E-state index contributed by atoms with van der Waals surface area (Å²) in [6.45, 7) is 1.94. The van der Waals surface area contributed by atoms with Crippen LogP contribution in [-0.2, 0) is 7.05 Å². The molecule has 1 heterocycles. The molecule has 0 saturated heterocycles. The molecular weight excluding hydrogens is 260 g/mol. The Balaban J connectivity index is 2.88. The molecule has 78 valence electrons. The monoisotopic (exact) mass is 268 g/mol. The number of aromatic carboxylic acids is 1. The number of benzene rings is 1. The van der Waals surface area contributed by atoms with E-state index in [4.69, 9.17) is 5.11 Å². The Hall–Kier alpha value is -1.36. The summed E-state index contributed by atoms with van der Waals surface area (Å²) in [5, 5.41) is 8.93. The van der Waals surface area contributed by atoms with Crippen LogP contribution >= 0.6 is 15.9 Å². The van der Waals surface area contributed by atoms with Crippen molar-refractivity contribution in [1.82, 2.24) is 9.55 Å². The number of imidazole rings is 1. The summed E-state index contributed by atoms with van der Waals surface area (Å²) in [7, 11) is 1.69. The summed E-state index contributed by atoms with van der Waals surface area (Å²) in [5.74, 6) is -0.963. The number of halogens is 1. The standard InChI is InChI=1S/C10H9BrN2O2/c1-5-3-6(11)8-7(4-5)12-9(10(14)15)13(8)2/h3-4H,1-2H3,(H,14,15). The molecule has 0 aliphatic rings. The maximum absolute atomic E-state index is 10.9. The predicted octanol–water partition coefficient (Wildman–Crippen LogP) is 2.34. The highest BCUT2D eigenvalue weighted by atomic mass is 79.9. The van der Waals surface area contributed by atoms with Crippen LogP contribution in [0.5, 0.6) is 0 Å². The highest BCUT2D eigenvalue weighted by Crippen LogP contribution is 2.25. The lowest BCUT2D eigenvalue weighted by molar-refractivity contribution is 0.0680. The normalized spacial score (nSPS) is 10.9. The van der Waals surface area contributed by atoms with Crippen LogP contribution in [0, 0.1) is 6.92 Å². The summed E-state index contributed by atoms with van der Waals surface area (Å²) in [6.07, 6.45) is 0. The van der Waals surface area contributed by atoms with E-state index in [1.54, 1.807) is 11.6 Å². The fraction of sp³-hybridized carbons (Fsp3) is 0.200.